The highest BCUT2D eigenvalue weighted by Gasteiger charge is 2.24. The lowest BCUT2D eigenvalue weighted by Gasteiger charge is -2.27. The zero-order valence-electron chi connectivity index (χ0n) is 11.7. The molecule has 0 amide bonds. The molecular weight excluding hydrogens is 212 g/mol. The summed E-state index contributed by atoms with van der Waals surface area (Å²) in [5.41, 5.74) is 5.94. The van der Waals surface area contributed by atoms with E-state index in [1.165, 1.54) is 32.1 Å². The first-order valence-corrected chi connectivity index (χ1v) is 6.86. The summed E-state index contributed by atoms with van der Waals surface area (Å²) in [6.45, 7) is 5.19. The maximum atomic E-state index is 5.94. The van der Waals surface area contributed by atoms with Crippen LogP contribution in [0, 0.1) is 0 Å². The summed E-state index contributed by atoms with van der Waals surface area (Å²) in [6, 6.07) is 0.548. The van der Waals surface area contributed by atoms with E-state index in [1.54, 1.807) is 0 Å². The van der Waals surface area contributed by atoms with Crippen molar-refractivity contribution >= 4 is 5.96 Å². The van der Waals surface area contributed by atoms with Gasteiger partial charge in [0.05, 0.1) is 12.6 Å². The number of unbranched alkanes of at least 4 members (excludes halogenated alkanes) is 3. The van der Waals surface area contributed by atoms with Gasteiger partial charge in [-0.3, -0.25) is 4.99 Å². The van der Waals surface area contributed by atoms with E-state index in [4.69, 9.17) is 5.73 Å². The van der Waals surface area contributed by atoms with Gasteiger partial charge in [0.25, 0.3) is 0 Å². The molecule has 0 aliphatic carbocycles. The van der Waals surface area contributed by atoms with E-state index in [1.807, 2.05) is 0 Å². The molecule has 0 saturated carbocycles. The highest BCUT2D eigenvalue weighted by Crippen LogP contribution is 2.15. The first-order chi connectivity index (χ1) is 8.15. The number of likely N-dealkylation sites (N-methyl/N-ethyl adjacent to an activating group) is 1. The lowest BCUT2D eigenvalue weighted by Crippen LogP contribution is -2.44. The van der Waals surface area contributed by atoms with E-state index in [2.05, 4.69) is 35.8 Å². The van der Waals surface area contributed by atoms with Crippen LogP contribution in [0.3, 0.4) is 0 Å². The summed E-state index contributed by atoms with van der Waals surface area (Å²) in [6.07, 6.45) is 6.53. The minimum atomic E-state index is 0.548. The number of hydrogen-bond acceptors (Lipinski definition) is 4. The summed E-state index contributed by atoms with van der Waals surface area (Å²) >= 11 is 0. The Labute approximate surface area is 106 Å². The molecule has 1 aliphatic rings. The van der Waals surface area contributed by atoms with Crippen LogP contribution < -0.4 is 5.73 Å². The van der Waals surface area contributed by atoms with E-state index in [-0.39, 0.29) is 0 Å². The lowest BCUT2D eigenvalue weighted by atomic mass is 10.1. The Kier molecular flexibility index (Phi) is 6.34. The highest BCUT2D eigenvalue weighted by atomic mass is 15.3. The van der Waals surface area contributed by atoms with Gasteiger partial charge in [-0.2, -0.15) is 0 Å². The molecule has 0 bridgehead atoms. The van der Waals surface area contributed by atoms with Gasteiger partial charge in [0.1, 0.15) is 0 Å². The molecule has 100 valence electrons. The van der Waals surface area contributed by atoms with Crippen molar-refractivity contribution in [1.82, 2.24) is 9.80 Å². The van der Waals surface area contributed by atoms with Gasteiger partial charge in [-0.1, -0.05) is 32.6 Å². The fourth-order valence-electron chi connectivity index (χ4n) is 2.23. The average molecular weight is 240 g/mol. The second-order valence-corrected chi connectivity index (χ2v) is 5.20. The normalized spacial score (nSPS) is 20.1. The quantitative estimate of drug-likeness (QED) is 0.654. The van der Waals surface area contributed by atoms with Crippen LogP contribution in [0.25, 0.3) is 0 Å². The number of nitrogens with two attached hydrogens (primary N) is 1. The van der Waals surface area contributed by atoms with Crippen LogP contribution in [0.15, 0.2) is 4.99 Å². The van der Waals surface area contributed by atoms with Crippen molar-refractivity contribution in [2.75, 3.05) is 33.7 Å². The predicted molar refractivity (Wildman–Crippen MR) is 74.3 cm³/mol. The summed E-state index contributed by atoms with van der Waals surface area (Å²) in [4.78, 5) is 8.86. The van der Waals surface area contributed by atoms with E-state index >= 15 is 0 Å². The smallest absolute Gasteiger partial charge is 0.191 e. The van der Waals surface area contributed by atoms with Crippen LogP contribution in [-0.4, -0.2) is 55.5 Å². The molecule has 1 rings (SSSR count). The Hall–Kier alpha value is -0.770. The number of hydrogen-bond donors (Lipinski definition) is 1. The molecule has 0 aromatic heterocycles. The Bertz CT molecular complexity index is 238. The third kappa shape index (κ3) is 4.94. The van der Waals surface area contributed by atoms with Crippen molar-refractivity contribution < 1.29 is 0 Å². The Balaban J connectivity index is 2.28. The zero-order valence-corrected chi connectivity index (χ0v) is 11.7. The zero-order chi connectivity index (χ0) is 12.7. The third-order valence-corrected chi connectivity index (χ3v) is 3.38. The van der Waals surface area contributed by atoms with E-state index in [0.29, 0.717) is 6.04 Å². The second-order valence-electron chi connectivity index (χ2n) is 5.20. The van der Waals surface area contributed by atoms with Crippen LogP contribution in [0.1, 0.15) is 39.0 Å². The van der Waals surface area contributed by atoms with Crippen molar-refractivity contribution in [2.24, 2.45) is 10.7 Å². The van der Waals surface area contributed by atoms with E-state index in [0.717, 1.165) is 25.6 Å². The summed E-state index contributed by atoms with van der Waals surface area (Å²) in [7, 11) is 4.19. The predicted octanol–water partition coefficient (Wildman–Crippen LogP) is 1.52. The fourth-order valence-corrected chi connectivity index (χ4v) is 2.23. The Morgan fingerprint density at radius 2 is 2.12 bits per heavy atom. The molecule has 1 atom stereocenters. The van der Waals surface area contributed by atoms with Gasteiger partial charge < -0.3 is 15.5 Å². The Morgan fingerprint density at radius 1 is 1.35 bits per heavy atom. The summed E-state index contributed by atoms with van der Waals surface area (Å²) < 4.78 is 0. The van der Waals surface area contributed by atoms with E-state index in [9.17, 15) is 0 Å². The van der Waals surface area contributed by atoms with Crippen molar-refractivity contribution in [3.8, 4) is 0 Å². The minimum Gasteiger partial charge on any atom is -0.370 e. The number of aliphatic imine (C=N–C) groups is 1. The van der Waals surface area contributed by atoms with Gasteiger partial charge in [-0.05, 0) is 20.5 Å². The molecule has 0 radical (unpaired) electrons. The topological polar surface area (TPSA) is 44.9 Å². The molecule has 17 heavy (non-hydrogen) atoms. The molecule has 0 aromatic carbocycles. The molecule has 0 fully saturated rings. The first kappa shape index (κ1) is 14.3. The molecule has 0 saturated heterocycles. The van der Waals surface area contributed by atoms with Crippen LogP contribution in [0.5, 0.6) is 0 Å². The average Bonchev–Trinajstić information content (AvgIpc) is 2.63. The fraction of sp³-hybridized carbons (Fsp3) is 0.923. The third-order valence-electron chi connectivity index (χ3n) is 3.38. The van der Waals surface area contributed by atoms with Gasteiger partial charge in [0.15, 0.2) is 5.96 Å². The second kappa shape index (κ2) is 7.54. The molecule has 2 N–H and O–H groups in total. The number of nitrogens with zero attached hydrogens (tertiary/aromatic N) is 3. The molecular formula is C13H28N4. The number of guanidine groups is 1. The molecule has 0 spiro atoms. The van der Waals surface area contributed by atoms with Crippen molar-refractivity contribution in [1.29, 1.82) is 0 Å². The SMILES string of the molecule is CCCCCCC1CN=C(N)N1CCN(C)C. The maximum Gasteiger partial charge on any atom is 0.191 e. The lowest BCUT2D eigenvalue weighted by molar-refractivity contribution is 0.276. The van der Waals surface area contributed by atoms with Crippen LogP contribution in [-0.2, 0) is 0 Å². The van der Waals surface area contributed by atoms with Gasteiger partial charge >= 0.3 is 0 Å². The standard InChI is InChI=1S/C13H28N4/c1-4-5-6-7-8-12-11-15-13(14)17(12)10-9-16(2)3/h12H,4-11H2,1-3H3,(H2,14,15). The molecule has 0 aromatic rings. The minimum absolute atomic E-state index is 0.548. The van der Waals surface area contributed by atoms with Crippen LogP contribution in [0.4, 0.5) is 0 Å². The monoisotopic (exact) mass is 240 g/mol. The van der Waals surface area contributed by atoms with Crippen molar-refractivity contribution in [2.45, 2.75) is 45.1 Å². The number of rotatable bonds is 8. The molecule has 4 nitrogen and oxygen atoms in total. The van der Waals surface area contributed by atoms with Crippen molar-refractivity contribution in [3.05, 3.63) is 0 Å². The molecule has 4 heteroatoms. The van der Waals surface area contributed by atoms with Gasteiger partial charge in [0, 0.05) is 13.1 Å². The molecule has 1 unspecified atom stereocenters. The van der Waals surface area contributed by atoms with Crippen molar-refractivity contribution in [3.63, 3.8) is 0 Å². The molecule has 1 heterocycles. The largest absolute Gasteiger partial charge is 0.370 e. The van der Waals surface area contributed by atoms with E-state index < -0.39 is 0 Å². The van der Waals surface area contributed by atoms with Crippen LogP contribution >= 0.6 is 0 Å². The van der Waals surface area contributed by atoms with Gasteiger partial charge in [-0.15, -0.1) is 0 Å². The summed E-state index contributed by atoms with van der Waals surface area (Å²) in [5, 5.41) is 0. The highest BCUT2D eigenvalue weighted by molar-refractivity contribution is 5.80. The van der Waals surface area contributed by atoms with Crippen LogP contribution in [0.2, 0.25) is 0 Å². The Morgan fingerprint density at radius 3 is 2.76 bits per heavy atom. The van der Waals surface area contributed by atoms with Gasteiger partial charge in [-0.25, -0.2) is 0 Å². The summed E-state index contributed by atoms with van der Waals surface area (Å²) in [5.74, 6) is 0.743. The molecule has 1 aliphatic heterocycles. The van der Waals surface area contributed by atoms with Gasteiger partial charge in [0.2, 0.25) is 0 Å². The maximum absolute atomic E-state index is 5.94. The first-order valence-electron chi connectivity index (χ1n) is 6.86.